The number of sulfonamides is 1. The Balaban J connectivity index is 2.39. The van der Waals surface area contributed by atoms with Crippen LogP contribution in [-0.4, -0.2) is 30.3 Å². The Morgan fingerprint density at radius 2 is 1.92 bits per heavy atom. The van der Waals surface area contributed by atoms with Crippen molar-refractivity contribution in [1.82, 2.24) is 19.5 Å². The summed E-state index contributed by atoms with van der Waals surface area (Å²) in [6, 6.07) is 3.25. The molecular formula is C14H17F3N4O3S. The molecular weight excluding hydrogens is 361 g/mol. The van der Waals surface area contributed by atoms with E-state index in [0.717, 1.165) is 18.2 Å². The lowest BCUT2D eigenvalue weighted by Gasteiger charge is -2.17. The number of aromatic nitrogens is 3. The van der Waals surface area contributed by atoms with E-state index in [4.69, 9.17) is 4.74 Å². The van der Waals surface area contributed by atoms with Crippen LogP contribution in [0.5, 0.6) is 6.01 Å². The van der Waals surface area contributed by atoms with Gasteiger partial charge in [-0.2, -0.15) is 13.2 Å². The summed E-state index contributed by atoms with van der Waals surface area (Å²) >= 11 is 0. The lowest BCUT2D eigenvalue weighted by molar-refractivity contribution is -0.139. The molecule has 1 aromatic heterocycles. The molecule has 1 N–H and O–H groups in total. The molecule has 11 heteroatoms. The van der Waals surface area contributed by atoms with Crippen LogP contribution in [0, 0.1) is 0 Å². The third kappa shape index (κ3) is 3.93. The molecule has 0 radical (unpaired) electrons. The Morgan fingerprint density at radius 1 is 1.28 bits per heavy atom. The fourth-order valence-corrected chi connectivity index (χ4v) is 3.78. The first kappa shape index (κ1) is 19.2. The number of benzene rings is 1. The number of hydrogen-bond acceptors (Lipinski definition) is 5. The Hall–Kier alpha value is -2.14. The van der Waals surface area contributed by atoms with Crippen molar-refractivity contribution >= 4 is 10.0 Å². The number of methoxy groups -OCH3 is 1. The summed E-state index contributed by atoms with van der Waals surface area (Å²) in [5.41, 5.74) is -1.23. The zero-order valence-corrected chi connectivity index (χ0v) is 14.5. The van der Waals surface area contributed by atoms with Crippen LogP contribution in [0.3, 0.4) is 0 Å². The lowest BCUT2D eigenvalue weighted by atomic mass is 10.2. The molecule has 1 atom stereocenters. The summed E-state index contributed by atoms with van der Waals surface area (Å²) in [7, 11) is -3.05. The van der Waals surface area contributed by atoms with E-state index in [1.54, 1.807) is 6.92 Å². The van der Waals surface area contributed by atoms with Crippen LogP contribution in [-0.2, 0) is 22.7 Å². The van der Waals surface area contributed by atoms with E-state index in [1.807, 2.05) is 0 Å². The fourth-order valence-electron chi connectivity index (χ4n) is 2.35. The summed E-state index contributed by atoms with van der Waals surface area (Å²) in [4.78, 5) is -0.844. The largest absolute Gasteiger partial charge is 0.467 e. The van der Waals surface area contributed by atoms with Crippen molar-refractivity contribution in [3.8, 4) is 6.01 Å². The molecule has 0 amide bonds. The highest BCUT2D eigenvalue weighted by molar-refractivity contribution is 7.89. The average molecular weight is 378 g/mol. The maximum atomic E-state index is 13.1. The van der Waals surface area contributed by atoms with Crippen molar-refractivity contribution in [2.45, 2.75) is 37.5 Å². The molecule has 2 aromatic rings. The molecule has 0 unspecified atom stereocenters. The first-order chi connectivity index (χ1) is 11.6. The standard InChI is InChI=1S/C14H17F3N4O3S/c1-4-21-12(18-19-13(21)24-3)9(2)20-25(22,23)11-8-6-5-7-10(11)14(15,16)17/h5-9,20H,4H2,1-3H3/t9-/m1/s1. The molecule has 1 heterocycles. The number of alkyl halides is 3. The maximum absolute atomic E-state index is 13.1. The molecule has 1 aromatic carbocycles. The number of rotatable bonds is 6. The highest BCUT2D eigenvalue weighted by Crippen LogP contribution is 2.34. The number of nitrogens with zero attached hydrogens (tertiary/aromatic N) is 3. The highest BCUT2D eigenvalue weighted by Gasteiger charge is 2.37. The molecule has 0 saturated carbocycles. The molecule has 0 bridgehead atoms. The van der Waals surface area contributed by atoms with Crippen molar-refractivity contribution in [2.75, 3.05) is 7.11 Å². The van der Waals surface area contributed by atoms with Crippen LogP contribution in [0.1, 0.15) is 31.3 Å². The smallest absolute Gasteiger partial charge is 0.417 e. The van der Waals surface area contributed by atoms with Crippen LogP contribution >= 0.6 is 0 Å². The molecule has 25 heavy (non-hydrogen) atoms. The molecule has 0 saturated heterocycles. The maximum Gasteiger partial charge on any atom is 0.417 e. The molecule has 0 aliphatic rings. The minimum atomic E-state index is -4.79. The molecule has 2 rings (SSSR count). The van der Waals surface area contributed by atoms with Crippen LogP contribution in [0.25, 0.3) is 0 Å². The Labute approximate surface area is 142 Å². The van der Waals surface area contributed by atoms with Gasteiger partial charge in [0.15, 0.2) is 5.82 Å². The molecule has 0 aliphatic carbocycles. The van der Waals surface area contributed by atoms with Crippen molar-refractivity contribution in [2.24, 2.45) is 0 Å². The second kappa shape index (κ2) is 7.00. The molecule has 0 aliphatic heterocycles. The Kier molecular flexibility index (Phi) is 5.37. The summed E-state index contributed by atoms with van der Waals surface area (Å²) in [5, 5.41) is 7.61. The number of nitrogens with one attached hydrogen (secondary N) is 1. The third-order valence-corrected chi connectivity index (χ3v) is 5.04. The van der Waals surface area contributed by atoms with Gasteiger partial charge in [-0.05, 0) is 26.0 Å². The summed E-state index contributed by atoms with van der Waals surface area (Å²) in [6.07, 6.45) is -4.79. The molecule has 7 nitrogen and oxygen atoms in total. The van der Waals surface area contributed by atoms with E-state index in [0.29, 0.717) is 6.54 Å². The van der Waals surface area contributed by atoms with Gasteiger partial charge in [-0.15, -0.1) is 5.10 Å². The third-order valence-electron chi connectivity index (χ3n) is 3.45. The number of halogens is 3. The summed E-state index contributed by atoms with van der Waals surface area (Å²) in [5.74, 6) is 0.229. The first-order valence-electron chi connectivity index (χ1n) is 7.27. The van der Waals surface area contributed by atoms with Crippen molar-refractivity contribution in [3.63, 3.8) is 0 Å². The van der Waals surface area contributed by atoms with E-state index >= 15 is 0 Å². The van der Waals surface area contributed by atoms with Gasteiger partial charge >= 0.3 is 12.2 Å². The van der Waals surface area contributed by atoms with Gasteiger partial charge in [-0.25, -0.2) is 13.1 Å². The van der Waals surface area contributed by atoms with Crippen molar-refractivity contribution in [1.29, 1.82) is 0 Å². The predicted molar refractivity (Wildman–Crippen MR) is 82.4 cm³/mol. The second-order valence-electron chi connectivity index (χ2n) is 5.13. The van der Waals surface area contributed by atoms with Gasteiger partial charge in [0.05, 0.1) is 23.6 Å². The van der Waals surface area contributed by atoms with Gasteiger partial charge in [0, 0.05) is 6.54 Å². The van der Waals surface area contributed by atoms with Crippen LogP contribution in [0.15, 0.2) is 29.2 Å². The summed E-state index contributed by atoms with van der Waals surface area (Å²) < 4.78 is 72.9. The first-order valence-corrected chi connectivity index (χ1v) is 8.75. The highest BCUT2D eigenvalue weighted by atomic mass is 32.2. The van der Waals surface area contributed by atoms with Gasteiger partial charge < -0.3 is 4.74 Å². The van der Waals surface area contributed by atoms with E-state index in [-0.39, 0.29) is 11.8 Å². The molecule has 0 fully saturated rings. The van der Waals surface area contributed by atoms with Gasteiger partial charge in [0.25, 0.3) is 0 Å². The zero-order valence-electron chi connectivity index (χ0n) is 13.7. The normalized spacial score (nSPS) is 13.7. The van der Waals surface area contributed by atoms with E-state index in [9.17, 15) is 21.6 Å². The average Bonchev–Trinajstić information content (AvgIpc) is 2.96. The van der Waals surface area contributed by atoms with E-state index in [2.05, 4.69) is 14.9 Å². The topological polar surface area (TPSA) is 86.1 Å². The van der Waals surface area contributed by atoms with E-state index in [1.165, 1.54) is 24.7 Å². The van der Waals surface area contributed by atoms with E-state index < -0.39 is 32.7 Å². The van der Waals surface area contributed by atoms with Gasteiger partial charge in [-0.3, -0.25) is 4.57 Å². The SMILES string of the molecule is CCn1c(OC)nnc1[C@@H](C)NS(=O)(=O)c1ccccc1C(F)(F)F. The van der Waals surface area contributed by atoms with Crippen LogP contribution < -0.4 is 9.46 Å². The predicted octanol–water partition coefficient (Wildman–Crippen LogP) is 2.36. The minimum absolute atomic E-state index is 0.180. The lowest BCUT2D eigenvalue weighted by Crippen LogP contribution is -2.30. The van der Waals surface area contributed by atoms with Crippen molar-refractivity contribution in [3.05, 3.63) is 35.7 Å². The number of ether oxygens (including phenoxy) is 1. The second-order valence-corrected chi connectivity index (χ2v) is 6.81. The number of hydrogen-bond donors (Lipinski definition) is 1. The zero-order chi connectivity index (χ0) is 18.8. The Bertz CT molecular complexity index is 849. The fraction of sp³-hybridized carbons (Fsp3) is 0.429. The molecule has 0 spiro atoms. The van der Waals surface area contributed by atoms with Gasteiger partial charge in [-0.1, -0.05) is 17.2 Å². The molecule has 138 valence electrons. The van der Waals surface area contributed by atoms with Gasteiger partial charge in [0.1, 0.15) is 0 Å². The summed E-state index contributed by atoms with van der Waals surface area (Å²) in [6.45, 7) is 3.63. The monoisotopic (exact) mass is 378 g/mol. The van der Waals surface area contributed by atoms with Crippen LogP contribution in [0.4, 0.5) is 13.2 Å². The minimum Gasteiger partial charge on any atom is -0.467 e. The quantitative estimate of drug-likeness (QED) is 0.834. The van der Waals surface area contributed by atoms with Crippen LogP contribution in [0.2, 0.25) is 0 Å². The Morgan fingerprint density at radius 3 is 2.48 bits per heavy atom. The van der Waals surface area contributed by atoms with Gasteiger partial charge in [0.2, 0.25) is 10.0 Å². The van der Waals surface area contributed by atoms with Crippen molar-refractivity contribution < 1.29 is 26.3 Å².